The normalized spacial score (nSPS) is 35.4. The van der Waals surface area contributed by atoms with Crippen molar-refractivity contribution in [2.75, 3.05) is 6.61 Å². The standard InChI is InChI=1S/C56H96O7/c1-8-9-10-11-12-13-14-15-16-17-18-19-20-21-22-23-24-25-26-27-50(57)61-39-49-51(58)52(59)53(60)54(63-49)62-44-34-36-55(6)43(38-44)30-31-45-47-33-32-46(56(47,7)37-35-48(45)55)42(5)29-28-41(4)40(2)3/h12-13,15-16,30,40-42,44-49,51-54,58-60H,8-11,14,17-29,31-39H2,1-7H3/b13-12-,16-15-. The average molecular weight is 881 g/mol. The van der Waals surface area contributed by atoms with Crippen LogP contribution < -0.4 is 0 Å². The molecule has 4 aliphatic carbocycles. The molecule has 3 saturated carbocycles. The summed E-state index contributed by atoms with van der Waals surface area (Å²) in [6, 6.07) is 0. The fourth-order valence-corrected chi connectivity index (χ4v) is 13.2. The molecule has 14 atom stereocenters. The highest BCUT2D eigenvalue weighted by atomic mass is 16.7. The molecule has 0 aromatic carbocycles. The molecule has 3 N–H and O–H groups in total. The Morgan fingerprint density at radius 1 is 0.778 bits per heavy atom. The Bertz CT molecular complexity index is 1420. The van der Waals surface area contributed by atoms with Crippen molar-refractivity contribution < 1.29 is 34.3 Å². The summed E-state index contributed by atoms with van der Waals surface area (Å²) in [6.07, 6.45) is 35.6. The zero-order valence-electron chi connectivity index (χ0n) is 41.5. The minimum absolute atomic E-state index is 0.144. The molecule has 0 aromatic rings. The number of carbonyl (C=O) groups is 1. The van der Waals surface area contributed by atoms with Crippen molar-refractivity contribution >= 4 is 5.97 Å². The van der Waals surface area contributed by atoms with Gasteiger partial charge in [-0.1, -0.05) is 155 Å². The summed E-state index contributed by atoms with van der Waals surface area (Å²) in [5, 5.41) is 32.6. The van der Waals surface area contributed by atoms with Crippen LogP contribution in [-0.2, 0) is 19.0 Å². The third-order valence-corrected chi connectivity index (χ3v) is 17.8. The molecule has 0 bridgehead atoms. The van der Waals surface area contributed by atoms with Gasteiger partial charge < -0.3 is 29.5 Å². The molecule has 63 heavy (non-hydrogen) atoms. The van der Waals surface area contributed by atoms with Crippen LogP contribution in [0.15, 0.2) is 36.0 Å². The molecule has 1 aliphatic heterocycles. The van der Waals surface area contributed by atoms with E-state index in [-0.39, 0.29) is 24.1 Å². The van der Waals surface area contributed by atoms with Gasteiger partial charge in [0.05, 0.1) is 6.10 Å². The van der Waals surface area contributed by atoms with E-state index in [9.17, 15) is 20.1 Å². The lowest BCUT2D eigenvalue weighted by atomic mass is 9.47. The van der Waals surface area contributed by atoms with Gasteiger partial charge in [-0.2, -0.15) is 0 Å². The van der Waals surface area contributed by atoms with Crippen molar-refractivity contribution in [3.63, 3.8) is 0 Å². The van der Waals surface area contributed by atoms with E-state index in [2.05, 4.69) is 78.8 Å². The number of fused-ring (bicyclic) bond motifs is 5. The highest BCUT2D eigenvalue weighted by Crippen LogP contribution is 2.67. The number of allylic oxidation sites excluding steroid dienone is 5. The summed E-state index contributed by atoms with van der Waals surface area (Å²) < 4.78 is 18.1. The van der Waals surface area contributed by atoms with Gasteiger partial charge in [-0.25, -0.2) is 0 Å². The van der Waals surface area contributed by atoms with Crippen LogP contribution in [0, 0.1) is 52.3 Å². The molecule has 0 spiro atoms. The van der Waals surface area contributed by atoms with Crippen molar-refractivity contribution in [1.82, 2.24) is 0 Å². The Labute approximate surface area is 386 Å². The first-order chi connectivity index (χ1) is 30.3. The minimum atomic E-state index is -1.45. The molecule has 7 heteroatoms. The lowest BCUT2D eigenvalue weighted by Crippen LogP contribution is -2.60. The van der Waals surface area contributed by atoms with Crippen molar-refractivity contribution in [3.05, 3.63) is 36.0 Å². The smallest absolute Gasteiger partial charge is 0.305 e. The molecule has 0 amide bonds. The molecule has 1 saturated heterocycles. The van der Waals surface area contributed by atoms with Crippen LogP contribution in [0.1, 0.15) is 215 Å². The van der Waals surface area contributed by atoms with Gasteiger partial charge in [-0.05, 0) is 142 Å². The van der Waals surface area contributed by atoms with Gasteiger partial charge in [0, 0.05) is 6.42 Å². The molecule has 362 valence electrons. The van der Waals surface area contributed by atoms with Crippen molar-refractivity contribution in [1.29, 1.82) is 0 Å². The van der Waals surface area contributed by atoms with Gasteiger partial charge in [0.15, 0.2) is 6.29 Å². The molecule has 14 unspecified atom stereocenters. The van der Waals surface area contributed by atoms with Crippen molar-refractivity contribution in [3.8, 4) is 0 Å². The second-order valence-corrected chi connectivity index (χ2v) is 22.4. The van der Waals surface area contributed by atoms with Gasteiger partial charge in [0.2, 0.25) is 0 Å². The molecule has 5 aliphatic rings. The largest absolute Gasteiger partial charge is 0.463 e. The topological polar surface area (TPSA) is 105 Å². The van der Waals surface area contributed by atoms with Crippen LogP contribution in [-0.4, -0.2) is 64.7 Å². The maximum Gasteiger partial charge on any atom is 0.305 e. The third-order valence-electron chi connectivity index (χ3n) is 17.8. The van der Waals surface area contributed by atoms with Gasteiger partial charge in [-0.15, -0.1) is 0 Å². The predicted octanol–water partition coefficient (Wildman–Crippen LogP) is 13.4. The predicted molar refractivity (Wildman–Crippen MR) is 258 cm³/mol. The summed E-state index contributed by atoms with van der Waals surface area (Å²) in [7, 11) is 0. The highest BCUT2D eigenvalue weighted by Gasteiger charge is 2.59. The lowest BCUT2D eigenvalue weighted by molar-refractivity contribution is -0.313. The van der Waals surface area contributed by atoms with Gasteiger partial charge in [0.25, 0.3) is 0 Å². The Morgan fingerprint density at radius 2 is 1.44 bits per heavy atom. The van der Waals surface area contributed by atoms with E-state index in [1.165, 1.54) is 115 Å². The van der Waals surface area contributed by atoms with Crippen LogP contribution in [0.5, 0.6) is 0 Å². The Morgan fingerprint density at radius 3 is 2.13 bits per heavy atom. The first-order valence-electron chi connectivity index (χ1n) is 26.8. The molecular weight excluding hydrogens is 785 g/mol. The zero-order chi connectivity index (χ0) is 45.4. The van der Waals surface area contributed by atoms with E-state index < -0.39 is 30.7 Å². The monoisotopic (exact) mass is 881 g/mol. The zero-order valence-corrected chi connectivity index (χ0v) is 41.5. The molecule has 1 heterocycles. The molecule has 4 fully saturated rings. The highest BCUT2D eigenvalue weighted by molar-refractivity contribution is 5.69. The summed E-state index contributed by atoms with van der Waals surface area (Å²) in [5.74, 6) is 5.14. The summed E-state index contributed by atoms with van der Waals surface area (Å²) in [6.45, 7) is 17.0. The van der Waals surface area contributed by atoms with E-state index in [0.29, 0.717) is 17.8 Å². The van der Waals surface area contributed by atoms with E-state index in [4.69, 9.17) is 14.2 Å². The summed E-state index contributed by atoms with van der Waals surface area (Å²) in [5.41, 5.74) is 2.12. The number of unbranched alkanes of at least 4 members (excludes halogenated alkanes) is 12. The maximum atomic E-state index is 12.7. The molecular formula is C56H96O7. The Kier molecular flexibility index (Phi) is 21.8. The van der Waals surface area contributed by atoms with E-state index in [1.54, 1.807) is 0 Å². The minimum Gasteiger partial charge on any atom is -0.463 e. The number of aliphatic hydroxyl groups excluding tert-OH is 3. The number of carbonyl (C=O) groups excluding carboxylic acids is 1. The number of rotatable bonds is 27. The average Bonchev–Trinajstić information content (AvgIpc) is 3.63. The van der Waals surface area contributed by atoms with Crippen LogP contribution in [0.4, 0.5) is 0 Å². The first-order valence-corrected chi connectivity index (χ1v) is 26.8. The fraction of sp³-hybridized carbons (Fsp3) is 0.875. The van der Waals surface area contributed by atoms with Crippen LogP contribution in [0.3, 0.4) is 0 Å². The van der Waals surface area contributed by atoms with Gasteiger partial charge in [-0.3, -0.25) is 4.79 Å². The second-order valence-electron chi connectivity index (χ2n) is 22.4. The Balaban J connectivity index is 0.966. The van der Waals surface area contributed by atoms with Crippen molar-refractivity contribution in [2.45, 2.75) is 252 Å². The van der Waals surface area contributed by atoms with Crippen LogP contribution in [0.25, 0.3) is 0 Å². The third kappa shape index (κ3) is 14.5. The van der Waals surface area contributed by atoms with E-state index >= 15 is 0 Å². The number of aliphatic hydroxyl groups is 3. The number of hydrogen-bond acceptors (Lipinski definition) is 7. The molecule has 7 nitrogen and oxygen atoms in total. The quantitative estimate of drug-likeness (QED) is 0.0429. The molecule has 0 radical (unpaired) electrons. The fourth-order valence-electron chi connectivity index (χ4n) is 13.2. The lowest BCUT2D eigenvalue weighted by Gasteiger charge is -2.58. The molecule has 5 rings (SSSR count). The van der Waals surface area contributed by atoms with E-state index in [0.717, 1.165) is 86.9 Å². The van der Waals surface area contributed by atoms with Gasteiger partial charge in [0.1, 0.15) is 31.0 Å². The SMILES string of the molecule is CCCCC/C=C\C/C=C\CCCCCCCCCCCC(=O)OCC1OC(OC2CCC3(C)C(=CCC4C3CCC3(C)C(C(C)CCC(C)C(C)C)CCC43)C2)C(O)C(O)C1O. The van der Waals surface area contributed by atoms with E-state index in [1.807, 2.05) is 0 Å². The van der Waals surface area contributed by atoms with Gasteiger partial charge >= 0.3 is 5.97 Å². The van der Waals surface area contributed by atoms with Crippen molar-refractivity contribution in [2.24, 2.45) is 52.3 Å². The summed E-state index contributed by atoms with van der Waals surface area (Å²) >= 11 is 0. The molecule has 0 aromatic heterocycles. The second kappa shape index (κ2) is 26.1. The van der Waals surface area contributed by atoms with Crippen LogP contribution in [0.2, 0.25) is 0 Å². The summed E-state index contributed by atoms with van der Waals surface area (Å²) in [4.78, 5) is 12.7. The number of hydrogen-bond donors (Lipinski definition) is 3. The number of esters is 1. The maximum absolute atomic E-state index is 12.7. The first kappa shape index (κ1) is 52.5. The number of ether oxygens (including phenoxy) is 3. The Hall–Kier alpha value is -1.51. The van der Waals surface area contributed by atoms with Crippen LogP contribution >= 0.6 is 0 Å².